The van der Waals surface area contributed by atoms with Crippen LogP contribution in [-0.2, 0) is 6.54 Å². The molecule has 1 heterocycles. The molecule has 1 aromatic heterocycles. The van der Waals surface area contributed by atoms with E-state index in [4.69, 9.17) is 0 Å². The van der Waals surface area contributed by atoms with Gasteiger partial charge in [0, 0.05) is 0 Å². The molecule has 0 radical (unpaired) electrons. The van der Waals surface area contributed by atoms with Crippen LogP contribution in [0.5, 0.6) is 0 Å². The molecule has 2 aromatic rings. The van der Waals surface area contributed by atoms with Gasteiger partial charge in [-0.3, -0.25) is 0 Å². The summed E-state index contributed by atoms with van der Waals surface area (Å²) in [5.41, 5.74) is 0. The first-order valence-electron chi connectivity index (χ1n) is 5.54. The minimum absolute atomic E-state index is 0.525. The number of hydrogen-bond acceptors (Lipinski definition) is 2. The summed E-state index contributed by atoms with van der Waals surface area (Å²) in [5, 5.41) is 1.19. The van der Waals surface area contributed by atoms with Crippen molar-refractivity contribution in [3.8, 4) is 0 Å². The molecule has 0 saturated heterocycles. The van der Waals surface area contributed by atoms with Gasteiger partial charge in [-0.2, -0.15) is 0 Å². The van der Waals surface area contributed by atoms with Gasteiger partial charge < -0.3 is 0 Å². The van der Waals surface area contributed by atoms with Crippen molar-refractivity contribution in [2.75, 3.05) is 0 Å². The van der Waals surface area contributed by atoms with Gasteiger partial charge in [-0.1, -0.05) is 0 Å². The van der Waals surface area contributed by atoms with Crippen LogP contribution >= 0.6 is 0 Å². The Hall–Kier alpha value is -1.38. The minimum atomic E-state index is 0.525. The molecule has 0 spiro atoms. The van der Waals surface area contributed by atoms with Crippen molar-refractivity contribution in [1.82, 2.24) is 9.55 Å². The molecule has 0 amide bonds. The first-order chi connectivity index (χ1) is 8.40. The second-order valence-corrected chi connectivity index (χ2v) is 6.06. The van der Waals surface area contributed by atoms with Crippen LogP contribution in [0.3, 0.4) is 0 Å². The van der Waals surface area contributed by atoms with E-state index >= 15 is 0 Å². The van der Waals surface area contributed by atoms with E-state index in [0.717, 1.165) is 19.3 Å². The summed E-state index contributed by atoms with van der Waals surface area (Å²) in [6.45, 7) is 0.878. The summed E-state index contributed by atoms with van der Waals surface area (Å²) >= 11 is 0.531. The van der Waals surface area contributed by atoms with E-state index in [1.54, 1.807) is 6.20 Å². The molecule has 0 aliphatic rings. The van der Waals surface area contributed by atoms with Gasteiger partial charge in [0.15, 0.2) is 0 Å². The first-order valence-corrected chi connectivity index (χ1v) is 7.61. The summed E-state index contributed by atoms with van der Waals surface area (Å²) in [5.74, 6) is 0.525. The molecular weight excluding hydrogens is 279 g/mol. The van der Waals surface area contributed by atoms with Crippen molar-refractivity contribution in [3.05, 3.63) is 48.5 Å². The predicted octanol–water partition coefficient (Wildman–Crippen LogP) is 1.53. The molecule has 0 N–H and O–H groups in total. The molecule has 0 saturated carbocycles. The molecule has 0 aliphatic carbocycles. The van der Waals surface area contributed by atoms with Crippen molar-refractivity contribution in [2.24, 2.45) is 0 Å². The molecule has 0 aliphatic heterocycles. The maximum absolute atomic E-state index is 10.7. The number of aldehydes is 1. The van der Waals surface area contributed by atoms with Crippen LogP contribution in [0.4, 0.5) is 0 Å². The van der Waals surface area contributed by atoms with E-state index in [1.165, 1.54) is 9.78 Å². The number of aryl methyl sites for hydroxylation is 1. The number of aromatic nitrogens is 2. The zero-order valence-corrected chi connectivity index (χ0v) is 11.2. The summed E-state index contributed by atoms with van der Waals surface area (Å²) in [6.07, 6.45) is 5.43. The van der Waals surface area contributed by atoms with Gasteiger partial charge in [-0.25, -0.2) is 0 Å². The second-order valence-electron chi connectivity index (χ2n) is 3.61. The van der Waals surface area contributed by atoms with Gasteiger partial charge in [0.05, 0.1) is 0 Å². The molecule has 17 heavy (non-hydrogen) atoms. The topological polar surface area (TPSA) is 34.9 Å². The standard InChI is InChI=1S/C13H14N2OSe/c16-11-13-14-7-9-15(13)8-4-10-17-12-5-2-1-3-6-12/h1-3,5-7,9,11H,4,8,10H2. The quantitative estimate of drug-likeness (QED) is 0.460. The van der Waals surface area contributed by atoms with Crippen molar-refractivity contribution in [2.45, 2.75) is 18.3 Å². The van der Waals surface area contributed by atoms with Gasteiger partial charge in [-0.15, -0.1) is 0 Å². The Morgan fingerprint density at radius 1 is 1.29 bits per heavy atom. The zero-order chi connectivity index (χ0) is 11.9. The molecule has 88 valence electrons. The fraction of sp³-hybridized carbons (Fsp3) is 0.231. The number of benzene rings is 1. The van der Waals surface area contributed by atoms with E-state index in [0.29, 0.717) is 20.8 Å². The predicted molar refractivity (Wildman–Crippen MR) is 68.9 cm³/mol. The number of carbonyl (C=O) groups is 1. The third-order valence-electron chi connectivity index (χ3n) is 2.41. The van der Waals surface area contributed by atoms with Crippen molar-refractivity contribution >= 4 is 25.7 Å². The van der Waals surface area contributed by atoms with Crippen LogP contribution in [0.2, 0.25) is 5.32 Å². The van der Waals surface area contributed by atoms with Gasteiger partial charge in [0.2, 0.25) is 0 Å². The fourth-order valence-electron chi connectivity index (χ4n) is 1.57. The molecule has 1 aromatic carbocycles. The fourth-order valence-corrected chi connectivity index (χ4v) is 3.37. The van der Waals surface area contributed by atoms with Gasteiger partial charge in [-0.05, 0) is 0 Å². The SMILES string of the molecule is O=Cc1nccn1CCC[Se]c1ccccc1. The Kier molecular flexibility index (Phi) is 4.53. The average Bonchev–Trinajstić information content (AvgIpc) is 2.83. The Bertz CT molecular complexity index is 467. The summed E-state index contributed by atoms with van der Waals surface area (Å²) < 4.78 is 3.34. The van der Waals surface area contributed by atoms with Crippen LogP contribution in [0.25, 0.3) is 0 Å². The van der Waals surface area contributed by atoms with E-state index < -0.39 is 0 Å². The Morgan fingerprint density at radius 3 is 2.88 bits per heavy atom. The molecule has 4 heteroatoms. The molecule has 0 unspecified atom stereocenters. The second kappa shape index (κ2) is 6.38. The van der Waals surface area contributed by atoms with Crippen molar-refractivity contribution in [1.29, 1.82) is 0 Å². The number of rotatable bonds is 6. The monoisotopic (exact) mass is 294 g/mol. The summed E-state index contributed by atoms with van der Waals surface area (Å²) in [6, 6.07) is 10.6. The molecule has 0 atom stereocenters. The Labute approximate surface area is 107 Å². The van der Waals surface area contributed by atoms with Crippen molar-refractivity contribution in [3.63, 3.8) is 0 Å². The molecular formula is C13H14N2OSe. The van der Waals surface area contributed by atoms with E-state index in [9.17, 15) is 4.79 Å². The third-order valence-corrected chi connectivity index (χ3v) is 4.71. The van der Waals surface area contributed by atoms with Crippen LogP contribution in [-0.4, -0.2) is 30.8 Å². The van der Waals surface area contributed by atoms with Gasteiger partial charge in [0.25, 0.3) is 0 Å². The molecule has 0 bridgehead atoms. The molecule has 2 rings (SSSR count). The third kappa shape index (κ3) is 3.55. The van der Waals surface area contributed by atoms with E-state index in [2.05, 4.69) is 29.2 Å². The summed E-state index contributed by atoms with van der Waals surface area (Å²) in [7, 11) is 0. The van der Waals surface area contributed by atoms with Crippen LogP contribution in [0.15, 0.2) is 42.7 Å². The number of hydrogen-bond donors (Lipinski definition) is 0. The van der Waals surface area contributed by atoms with Gasteiger partial charge >= 0.3 is 107 Å². The number of carbonyl (C=O) groups excluding carboxylic acids is 1. The molecule has 3 nitrogen and oxygen atoms in total. The Balaban J connectivity index is 1.75. The van der Waals surface area contributed by atoms with Crippen LogP contribution < -0.4 is 4.46 Å². The van der Waals surface area contributed by atoms with E-state index in [1.807, 2.05) is 16.8 Å². The normalized spacial score (nSPS) is 10.4. The number of nitrogens with zero attached hydrogens (tertiary/aromatic N) is 2. The summed E-state index contributed by atoms with van der Waals surface area (Å²) in [4.78, 5) is 14.6. The first kappa shape index (κ1) is 12.1. The average molecular weight is 293 g/mol. The van der Waals surface area contributed by atoms with Gasteiger partial charge in [0.1, 0.15) is 0 Å². The number of imidazole rings is 1. The maximum atomic E-state index is 10.7. The molecule has 0 fully saturated rings. The van der Waals surface area contributed by atoms with Crippen LogP contribution in [0, 0.1) is 0 Å². The van der Waals surface area contributed by atoms with Crippen molar-refractivity contribution < 1.29 is 4.79 Å². The Morgan fingerprint density at radius 2 is 2.12 bits per heavy atom. The van der Waals surface area contributed by atoms with Crippen LogP contribution in [0.1, 0.15) is 17.0 Å². The zero-order valence-electron chi connectivity index (χ0n) is 9.45. The van der Waals surface area contributed by atoms with E-state index in [-0.39, 0.29) is 0 Å².